The van der Waals surface area contributed by atoms with Gasteiger partial charge in [0, 0.05) is 25.7 Å². The van der Waals surface area contributed by atoms with Gasteiger partial charge in [0.1, 0.15) is 19.3 Å². The minimum absolute atomic E-state index is 0.104. The number of aliphatic hydroxyl groups is 1. The summed E-state index contributed by atoms with van der Waals surface area (Å²) >= 11 is 0. The van der Waals surface area contributed by atoms with Crippen molar-refractivity contribution >= 4 is 39.5 Å². The maximum atomic E-state index is 13.0. The molecule has 2 unspecified atom stereocenters. The van der Waals surface area contributed by atoms with E-state index in [-0.39, 0.29) is 25.7 Å². The maximum Gasteiger partial charge on any atom is 0.472 e. The van der Waals surface area contributed by atoms with Gasteiger partial charge in [0.05, 0.1) is 26.4 Å². The van der Waals surface area contributed by atoms with Crippen molar-refractivity contribution in [1.82, 2.24) is 0 Å². The van der Waals surface area contributed by atoms with Crippen LogP contribution in [0.5, 0.6) is 0 Å². The van der Waals surface area contributed by atoms with Crippen LogP contribution in [0.25, 0.3) is 0 Å². The summed E-state index contributed by atoms with van der Waals surface area (Å²) in [4.78, 5) is 72.5. The van der Waals surface area contributed by atoms with Crippen LogP contribution in [-0.4, -0.2) is 96.7 Å². The molecule has 0 aromatic rings. The number of hydrogen-bond donors (Lipinski definition) is 3. The number of rotatable bonds is 70. The van der Waals surface area contributed by atoms with Crippen LogP contribution in [0.1, 0.15) is 363 Å². The minimum atomic E-state index is -4.95. The van der Waals surface area contributed by atoms with Crippen molar-refractivity contribution in [2.75, 3.05) is 39.6 Å². The molecule has 540 valence electrons. The summed E-state index contributed by atoms with van der Waals surface area (Å²) in [7, 11) is -9.90. The lowest BCUT2D eigenvalue weighted by molar-refractivity contribution is -0.161. The maximum absolute atomic E-state index is 13.0. The molecule has 0 bridgehead atoms. The van der Waals surface area contributed by atoms with Gasteiger partial charge in [0.2, 0.25) is 0 Å². The number of esters is 4. The molecule has 0 saturated heterocycles. The first-order chi connectivity index (χ1) is 43.7. The van der Waals surface area contributed by atoms with E-state index in [1.807, 2.05) is 0 Å². The number of aliphatic hydroxyl groups excluding tert-OH is 1. The number of unbranched alkanes of at least 4 members (excludes halogenated alkanes) is 38. The summed E-state index contributed by atoms with van der Waals surface area (Å²) < 4.78 is 68.3. The molecule has 0 spiro atoms. The van der Waals surface area contributed by atoms with Gasteiger partial charge in [0.15, 0.2) is 12.2 Å². The Hall–Kier alpha value is -1.94. The smallest absolute Gasteiger partial charge is 0.462 e. The lowest BCUT2D eigenvalue weighted by Gasteiger charge is -2.21. The minimum Gasteiger partial charge on any atom is -0.462 e. The summed E-state index contributed by atoms with van der Waals surface area (Å²) in [5.74, 6) is 0.176. The number of carbonyl (C=O) groups is 4. The highest BCUT2D eigenvalue weighted by Crippen LogP contribution is 2.45. The molecule has 91 heavy (non-hydrogen) atoms. The highest BCUT2D eigenvalue weighted by atomic mass is 31.2. The van der Waals surface area contributed by atoms with Crippen LogP contribution in [-0.2, 0) is 65.4 Å². The largest absolute Gasteiger partial charge is 0.472 e. The zero-order valence-corrected chi connectivity index (χ0v) is 61.1. The van der Waals surface area contributed by atoms with E-state index in [2.05, 4.69) is 48.5 Å². The van der Waals surface area contributed by atoms with Crippen molar-refractivity contribution in [3.05, 3.63) is 0 Å². The van der Waals surface area contributed by atoms with Crippen LogP contribution in [0, 0.1) is 17.8 Å². The Labute approximate surface area is 556 Å². The molecule has 17 nitrogen and oxygen atoms in total. The summed E-state index contributed by atoms with van der Waals surface area (Å²) in [6.45, 7) is 11.8. The third kappa shape index (κ3) is 66.5. The van der Waals surface area contributed by atoms with Crippen LogP contribution in [0.2, 0.25) is 0 Å². The normalized spacial score (nSPS) is 14.2. The second kappa shape index (κ2) is 62.8. The Morgan fingerprint density at radius 1 is 0.297 bits per heavy atom. The third-order valence-electron chi connectivity index (χ3n) is 16.6. The van der Waals surface area contributed by atoms with Crippen LogP contribution < -0.4 is 0 Å². The highest BCUT2D eigenvalue weighted by Gasteiger charge is 2.30. The van der Waals surface area contributed by atoms with Crippen LogP contribution >= 0.6 is 15.6 Å². The monoisotopic (exact) mass is 1340 g/mol. The molecule has 0 radical (unpaired) electrons. The highest BCUT2D eigenvalue weighted by molar-refractivity contribution is 7.47. The van der Waals surface area contributed by atoms with Gasteiger partial charge in [0.25, 0.3) is 0 Å². The molecule has 0 aromatic heterocycles. The van der Waals surface area contributed by atoms with Crippen molar-refractivity contribution in [2.24, 2.45) is 17.8 Å². The summed E-state index contributed by atoms with van der Waals surface area (Å²) in [5, 5.41) is 10.6. The predicted molar refractivity (Wildman–Crippen MR) is 368 cm³/mol. The molecule has 0 rings (SSSR count). The molecule has 0 saturated carbocycles. The quantitative estimate of drug-likeness (QED) is 0.0222. The van der Waals surface area contributed by atoms with E-state index in [4.69, 9.17) is 37.0 Å². The SMILES string of the molecule is CCCCCCCCCC(=O)OC[C@H](COP(=O)(O)OC[C@H](O)COP(=O)(O)OC[C@@H](COC(=O)CCCCCCCCCCCCCCCC(C)C)OC(=O)CCCCCCCCCCCCCCCCC(C)C)OC(=O)CCCCCCCCCCC(C)C. The Kier molecular flexibility index (Phi) is 61.5. The van der Waals surface area contributed by atoms with Crippen LogP contribution in [0.15, 0.2) is 0 Å². The van der Waals surface area contributed by atoms with E-state index in [1.165, 1.54) is 161 Å². The van der Waals surface area contributed by atoms with E-state index in [9.17, 15) is 43.2 Å². The molecule has 0 aliphatic carbocycles. The first-order valence-corrected chi connectivity index (χ1v) is 40.3. The molecule has 0 aromatic carbocycles. The van der Waals surface area contributed by atoms with Crippen molar-refractivity contribution in [3.63, 3.8) is 0 Å². The molecule has 0 amide bonds. The van der Waals surface area contributed by atoms with Crippen molar-refractivity contribution < 1.29 is 80.2 Å². The lowest BCUT2D eigenvalue weighted by Crippen LogP contribution is -2.30. The van der Waals surface area contributed by atoms with Gasteiger partial charge in [-0.15, -0.1) is 0 Å². The first-order valence-electron chi connectivity index (χ1n) is 37.3. The molecule has 19 heteroatoms. The van der Waals surface area contributed by atoms with E-state index < -0.39 is 97.5 Å². The molecule has 0 fully saturated rings. The zero-order chi connectivity index (χ0) is 67.3. The van der Waals surface area contributed by atoms with Crippen molar-refractivity contribution in [1.29, 1.82) is 0 Å². The average Bonchev–Trinajstić information content (AvgIpc) is 3.63. The fourth-order valence-corrected chi connectivity index (χ4v) is 12.5. The van der Waals surface area contributed by atoms with Crippen molar-refractivity contribution in [3.8, 4) is 0 Å². The summed E-state index contributed by atoms with van der Waals surface area (Å²) in [5.41, 5.74) is 0. The standard InChI is InChI=1S/C72H140O17P2/c1-8-9-10-11-29-39-46-53-69(74)82-59-67(89-72(77)56-49-42-35-28-27-32-38-45-52-65(6)7)61-86-90(78,79)84-57-66(73)58-85-91(80,81)87-62-68(60-83-70(75)54-47-40-33-25-21-18-14-16-20-24-31-37-44-51-64(4)5)88-71(76)55-48-41-34-26-22-17-13-12-15-19-23-30-36-43-50-63(2)3/h63-68,73H,8-62H2,1-7H3,(H,78,79)(H,80,81)/t66-,67+,68+/m0/s1. The van der Waals surface area contributed by atoms with Gasteiger partial charge in [-0.1, -0.05) is 312 Å². The fraction of sp³-hybridized carbons (Fsp3) is 0.944. The number of carbonyl (C=O) groups excluding carboxylic acids is 4. The van der Waals surface area contributed by atoms with Gasteiger partial charge in [-0.3, -0.25) is 37.3 Å². The van der Waals surface area contributed by atoms with Gasteiger partial charge in [-0.2, -0.15) is 0 Å². The van der Waals surface area contributed by atoms with Gasteiger partial charge >= 0.3 is 39.5 Å². The molecule has 0 aliphatic heterocycles. The molecule has 3 N–H and O–H groups in total. The number of ether oxygens (including phenoxy) is 4. The van der Waals surface area contributed by atoms with E-state index in [0.29, 0.717) is 25.7 Å². The summed E-state index contributed by atoms with van der Waals surface area (Å²) in [6, 6.07) is 0. The fourth-order valence-electron chi connectivity index (χ4n) is 10.9. The predicted octanol–water partition coefficient (Wildman–Crippen LogP) is 20.6. The van der Waals surface area contributed by atoms with E-state index in [0.717, 1.165) is 120 Å². The van der Waals surface area contributed by atoms with Gasteiger partial charge in [-0.25, -0.2) is 9.13 Å². The Bertz CT molecular complexity index is 1780. The Balaban J connectivity index is 5.20. The van der Waals surface area contributed by atoms with Gasteiger partial charge in [-0.05, 0) is 43.4 Å². The number of hydrogen-bond acceptors (Lipinski definition) is 15. The topological polar surface area (TPSA) is 237 Å². The molecular formula is C72H140O17P2. The Morgan fingerprint density at radius 2 is 0.505 bits per heavy atom. The van der Waals surface area contributed by atoms with E-state index >= 15 is 0 Å². The number of phosphoric acid groups is 2. The molecule has 5 atom stereocenters. The first kappa shape index (κ1) is 89.1. The van der Waals surface area contributed by atoms with Gasteiger partial charge < -0.3 is 33.8 Å². The van der Waals surface area contributed by atoms with Crippen molar-refractivity contribution in [2.45, 2.75) is 381 Å². The molecule has 0 heterocycles. The summed E-state index contributed by atoms with van der Waals surface area (Å²) in [6.07, 6.45) is 47.4. The second-order valence-electron chi connectivity index (χ2n) is 27.4. The van der Waals surface area contributed by atoms with E-state index in [1.54, 1.807) is 0 Å². The van der Waals surface area contributed by atoms with Crippen LogP contribution in [0.4, 0.5) is 0 Å². The Morgan fingerprint density at radius 3 is 0.747 bits per heavy atom. The number of phosphoric ester groups is 2. The second-order valence-corrected chi connectivity index (χ2v) is 30.3. The lowest BCUT2D eigenvalue weighted by atomic mass is 10.0. The third-order valence-corrected chi connectivity index (χ3v) is 18.5. The molecular weight excluding hydrogens is 1200 g/mol. The zero-order valence-electron chi connectivity index (χ0n) is 59.3. The van der Waals surface area contributed by atoms with Crippen LogP contribution in [0.3, 0.4) is 0 Å². The molecule has 0 aliphatic rings. The average molecular weight is 1340 g/mol.